The molecule has 1 heterocycles. The first-order chi connectivity index (χ1) is 11.0. The van der Waals surface area contributed by atoms with Gasteiger partial charge in [-0.1, -0.05) is 23.7 Å². The number of amides is 1. The smallest absolute Gasteiger partial charge is 0.349 e. The number of hydrogen-bond donors (Lipinski definition) is 1. The second kappa shape index (κ2) is 5.78. The first-order valence-corrected chi connectivity index (χ1v) is 7.09. The van der Waals surface area contributed by atoms with Gasteiger partial charge in [0.05, 0.1) is 7.11 Å². The molecule has 0 fully saturated rings. The van der Waals surface area contributed by atoms with E-state index in [1.165, 1.54) is 7.11 Å². The van der Waals surface area contributed by atoms with Gasteiger partial charge in [-0.15, -0.1) is 0 Å². The summed E-state index contributed by atoms with van der Waals surface area (Å²) in [7, 11) is 1.51. The van der Waals surface area contributed by atoms with Gasteiger partial charge in [0.25, 0.3) is 5.91 Å². The average molecular weight is 330 g/mol. The summed E-state index contributed by atoms with van der Waals surface area (Å²) in [5.41, 5.74) is 5.78. The van der Waals surface area contributed by atoms with Crippen molar-refractivity contribution in [1.82, 2.24) is 0 Å². The van der Waals surface area contributed by atoms with Gasteiger partial charge >= 0.3 is 5.63 Å². The number of nitrogens with two attached hydrogens (primary N) is 1. The predicted octanol–water partition coefficient (Wildman–Crippen LogP) is 3.22. The molecule has 5 nitrogen and oxygen atoms in total. The van der Waals surface area contributed by atoms with Crippen molar-refractivity contribution in [2.24, 2.45) is 5.73 Å². The number of carbonyl (C=O) groups excluding carboxylic acids is 1. The summed E-state index contributed by atoms with van der Waals surface area (Å²) in [5.74, 6) is -0.309. The van der Waals surface area contributed by atoms with Gasteiger partial charge in [0.15, 0.2) is 0 Å². The van der Waals surface area contributed by atoms with Crippen LogP contribution < -0.4 is 16.1 Å². The molecule has 0 spiro atoms. The molecule has 0 unspecified atom stereocenters. The Balaban J connectivity index is 2.44. The zero-order valence-corrected chi connectivity index (χ0v) is 12.9. The minimum Gasteiger partial charge on any atom is -0.497 e. The second-order valence-electron chi connectivity index (χ2n) is 4.87. The summed E-state index contributed by atoms with van der Waals surface area (Å²) in [6.45, 7) is 0. The fraction of sp³-hybridized carbons (Fsp3) is 0.0588. The van der Waals surface area contributed by atoms with Crippen LogP contribution in [0.5, 0.6) is 5.75 Å². The molecule has 2 aromatic carbocycles. The summed E-state index contributed by atoms with van der Waals surface area (Å²) in [4.78, 5) is 24.0. The molecule has 2 N–H and O–H groups in total. The zero-order chi connectivity index (χ0) is 16.6. The van der Waals surface area contributed by atoms with E-state index in [1.54, 1.807) is 42.5 Å². The highest BCUT2D eigenvalue weighted by atomic mass is 35.5. The van der Waals surface area contributed by atoms with Crippen LogP contribution in [0.15, 0.2) is 51.7 Å². The van der Waals surface area contributed by atoms with E-state index in [-0.39, 0.29) is 5.56 Å². The Morgan fingerprint density at radius 1 is 1.17 bits per heavy atom. The lowest BCUT2D eigenvalue weighted by molar-refractivity contribution is 0.0997. The molecule has 0 aliphatic carbocycles. The third-order valence-corrected chi connectivity index (χ3v) is 3.75. The third-order valence-electron chi connectivity index (χ3n) is 3.49. The number of primary amides is 1. The number of halogens is 1. The van der Waals surface area contributed by atoms with Gasteiger partial charge in [-0.3, -0.25) is 4.79 Å². The largest absolute Gasteiger partial charge is 0.497 e. The highest BCUT2D eigenvalue weighted by molar-refractivity contribution is 6.30. The lowest BCUT2D eigenvalue weighted by Crippen LogP contribution is -2.22. The molecule has 0 atom stereocenters. The normalized spacial score (nSPS) is 10.7. The van der Waals surface area contributed by atoms with Gasteiger partial charge in [0.1, 0.15) is 16.9 Å². The number of ether oxygens (including phenoxy) is 1. The van der Waals surface area contributed by atoms with Crippen LogP contribution in [0, 0.1) is 0 Å². The number of hydrogen-bond acceptors (Lipinski definition) is 4. The van der Waals surface area contributed by atoms with Crippen molar-refractivity contribution >= 4 is 28.5 Å². The Labute approximate surface area is 136 Å². The Hall–Kier alpha value is -2.79. The second-order valence-corrected chi connectivity index (χ2v) is 5.31. The van der Waals surface area contributed by atoms with E-state index in [2.05, 4.69) is 0 Å². The van der Waals surface area contributed by atoms with Crippen molar-refractivity contribution in [3.63, 3.8) is 0 Å². The molecular weight excluding hydrogens is 318 g/mol. The summed E-state index contributed by atoms with van der Waals surface area (Å²) in [6, 6.07) is 11.8. The maximum absolute atomic E-state index is 12.2. The van der Waals surface area contributed by atoms with E-state index in [0.29, 0.717) is 32.9 Å². The first kappa shape index (κ1) is 15.1. The molecule has 0 aliphatic rings. The minimum atomic E-state index is -0.846. The van der Waals surface area contributed by atoms with Gasteiger partial charge in [0, 0.05) is 22.0 Å². The molecule has 6 heteroatoms. The third kappa shape index (κ3) is 2.66. The molecule has 23 heavy (non-hydrogen) atoms. The van der Waals surface area contributed by atoms with Crippen LogP contribution in [0.4, 0.5) is 0 Å². The standard InChI is InChI=1S/C17H12ClNO4/c1-22-11-6-7-12-13(8-11)23-17(21)15(16(19)20)14(12)9-2-4-10(18)5-3-9/h2-8H,1H3,(H2,19,20). The first-order valence-electron chi connectivity index (χ1n) is 6.72. The Morgan fingerprint density at radius 2 is 1.87 bits per heavy atom. The van der Waals surface area contributed by atoms with Crippen LogP contribution >= 0.6 is 11.6 Å². The van der Waals surface area contributed by atoms with E-state index >= 15 is 0 Å². The molecule has 0 radical (unpaired) electrons. The van der Waals surface area contributed by atoms with E-state index in [0.717, 1.165) is 0 Å². The maximum atomic E-state index is 12.2. The summed E-state index contributed by atoms with van der Waals surface area (Å²) < 4.78 is 10.4. The number of methoxy groups -OCH3 is 1. The number of benzene rings is 2. The Bertz CT molecular complexity index is 961. The van der Waals surface area contributed by atoms with Gasteiger partial charge in [-0.25, -0.2) is 4.79 Å². The van der Waals surface area contributed by atoms with Crippen LogP contribution in [-0.4, -0.2) is 13.0 Å². The van der Waals surface area contributed by atoms with Crippen molar-refractivity contribution in [1.29, 1.82) is 0 Å². The van der Waals surface area contributed by atoms with Crippen LogP contribution in [0.3, 0.4) is 0 Å². The van der Waals surface area contributed by atoms with Crippen molar-refractivity contribution in [2.75, 3.05) is 7.11 Å². The molecular formula is C17H12ClNO4. The topological polar surface area (TPSA) is 82.5 Å². The number of carbonyl (C=O) groups is 1. The maximum Gasteiger partial charge on any atom is 0.349 e. The minimum absolute atomic E-state index is 0.190. The van der Waals surface area contributed by atoms with Crippen LogP contribution in [0.25, 0.3) is 22.1 Å². The quantitative estimate of drug-likeness (QED) is 0.748. The van der Waals surface area contributed by atoms with Crippen LogP contribution in [-0.2, 0) is 0 Å². The number of fused-ring (bicyclic) bond motifs is 1. The SMILES string of the molecule is COc1ccc2c(-c3ccc(Cl)cc3)c(C(N)=O)c(=O)oc2c1. The summed E-state index contributed by atoms with van der Waals surface area (Å²) in [5, 5.41) is 1.13. The number of rotatable bonds is 3. The zero-order valence-electron chi connectivity index (χ0n) is 12.1. The van der Waals surface area contributed by atoms with E-state index < -0.39 is 11.5 Å². The van der Waals surface area contributed by atoms with Crippen molar-refractivity contribution < 1.29 is 13.9 Å². The average Bonchev–Trinajstić information content (AvgIpc) is 2.53. The van der Waals surface area contributed by atoms with Crippen molar-refractivity contribution in [3.8, 4) is 16.9 Å². The molecule has 0 saturated heterocycles. The van der Waals surface area contributed by atoms with E-state index in [4.69, 9.17) is 26.5 Å². The highest BCUT2D eigenvalue weighted by Gasteiger charge is 2.20. The summed E-state index contributed by atoms with van der Waals surface area (Å²) >= 11 is 5.90. The molecule has 3 aromatic rings. The molecule has 3 rings (SSSR count). The fourth-order valence-corrected chi connectivity index (χ4v) is 2.57. The van der Waals surface area contributed by atoms with Gasteiger partial charge in [-0.05, 0) is 29.8 Å². The molecule has 116 valence electrons. The molecule has 0 aliphatic heterocycles. The van der Waals surface area contributed by atoms with Crippen molar-refractivity contribution in [2.45, 2.75) is 0 Å². The molecule has 1 aromatic heterocycles. The molecule has 0 bridgehead atoms. The van der Waals surface area contributed by atoms with Crippen molar-refractivity contribution in [3.05, 3.63) is 63.5 Å². The monoisotopic (exact) mass is 329 g/mol. The van der Waals surface area contributed by atoms with Gasteiger partial charge < -0.3 is 14.9 Å². The highest BCUT2D eigenvalue weighted by Crippen LogP contribution is 2.32. The lowest BCUT2D eigenvalue weighted by atomic mass is 9.96. The Kier molecular flexibility index (Phi) is 3.80. The lowest BCUT2D eigenvalue weighted by Gasteiger charge is -2.11. The van der Waals surface area contributed by atoms with Gasteiger partial charge in [-0.2, -0.15) is 0 Å². The molecule has 1 amide bonds. The Morgan fingerprint density at radius 3 is 2.48 bits per heavy atom. The summed E-state index contributed by atoms with van der Waals surface area (Å²) in [6.07, 6.45) is 0. The van der Waals surface area contributed by atoms with E-state index in [9.17, 15) is 9.59 Å². The van der Waals surface area contributed by atoms with Gasteiger partial charge in [0.2, 0.25) is 0 Å². The van der Waals surface area contributed by atoms with Crippen LogP contribution in [0.2, 0.25) is 5.02 Å². The fourth-order valence-electron chi connectivity index (χ4n) is 2.45. The van der Waals surface area contributed by atoms with E-state index in [1.807, 2.05) is 0 Å². The predicted molar refractivity (Wildman–Crippen MR) is 88.0 cm³/mol. The van der Waals surface area contributed by atoms with Crippen LogP contribution in [0.1, 0.15) is 10.4 Å². The molecule has 0 saturated carbocycles.